The van der Waals surface area contributed by atoms with E-state index in [4.69, 9.17) is 21.1 Å². The lowest BCUT2D eigenvalue weighted by Crippen LogP contribution is -2.15. The molecule has 0 radical (unpaired) electrons. The fourth-order valence-electron chi connectivity index (χ4n) is 2.81. The van der Waals surface area contributed by atoms with E-state index in [0.717, 1.165) is 0 Å². The molecule has 0 amide bonds. The number of hydrogen-bond acceptors (Lipinski definition) is 6. The molecule has 0 unspecified atom stereocenters. The van der Waals surface area contributed by atoms with Gasteiger partial charge in [0.25, 0.3) is 0 Å². The molecule has 0 spiro atoms. The fourth-order valence-corrected chi connectivity index (χ4v) is 2.98. The summed E-state index contributed by atoms with van der Waals surface area (Å²) >= 11 is 6.04. The Hall–Kier alpha value is -3.06. The molecule has 0 fully saturated rings. The number of hydrogen-bond donors (Lipinski definition) is 1. The standard InChI is InChI=1S/C22H24ClN3O4/c1-13(2)21(28)30-9-8-29-15-11-16(22(3,4)5)20(27)19(12-15)26-24-17-7-6-14(23)10-18(17)25-26/h6-7,10-12,27H,1,8-9H2,2-5H3. The zero-order valence-electron chi connectivity index (χ0n) is 17.4. The summed E-state index contributed by atoms with van der Waals surface area (Å²) in [6.07, 6.45) is 0. The van der Waals surface area contributed by atoms with Gasteiger partial charge in [-0.1, -0.05) is 39.0 Å². The van der Waals surface area contributed by atoms with Crippen LogP contribution >= 0.6 is 11.6 Å². The Morgan fingerprint density at radius 3 is 2.53 bits per heavy atom. The van der Waals surface area contributed by atoms with Gasteiger partial charge in [-0.25, -0.2) is 4.79 Å². The average Bonchev–Trinajstić information content (AvgIpc) is 3.07. The summed E-state index contributed by atoms with van der Waals surface area (Å²) in [4.78, 5) is 12.9. The van der Waals surface area contributed by atoms with E-state index in [0.29, 0.717) is 38.6 Å². The summed E-state index contributed by atoms with van der Waals surface area (Å²) in [6, 6.07) is 8.61. The van der Waals surface area contributed by atoms with Gasteiger partial charge in [-0.15, -0.1) is 15.0 Å². The largest absolute Gasteiger partial charge is 0.505 e. The molecule has 7 nitrogen and oxygen atoms in total. The highest BCUT2D eigenvalue weighted by atomic mass is 35.5. The molecule has 8 heteroatoms. The normalized spacial score (nSPS) is 11.5. The van der Waals surface area contributed by atoms with Crippen LogP contribution in [0.1, 0.15) is 33.3 Å². The number of carbonyl (C=O) groups is 1. The van der Waals surface area contributed by atoms with E-state index in [1.807, 2.05) is 20.8 Å². The van der Waals surface area contributed by atoms with Crippen molar-refractivity contribution in [2.45, 2.75) is 33.1 Å². The Balaban J connectivity index is 1.94. The first-order valence-electron chi connectivity index (χ1n) is 9.42. The zero-order chi connectivity index (χ0) is 22.1. The van der Waals surface area contributed by atoms with Crippen molar-refractivity contribution >= 4 is 28.6 Å². The monoisotopic (exact) mass is 429 g/mol. The highest BCUT2D eigenvalue weighted by Gasteiger charge is 2.24. The van der Waals surface area contributed by atoms with Crippen molar-refractivity contribution in [3.8, 4) is 17.2 Å². The Kier molecular flexibility index (Phi) is 6.03. The van der Waals surface area contributed by atoms with Gasteiger partial charge in [-0.3, -0.25) is 0 Å². The molecule has 0 bridgehead atoms. The van der Waals surface area contributed by atoms with E-state index in [9.17, 15) is 9.90 Å². The van der Waals surface area contributed by atoms with E-state index >= 15 is 0 Å². The van der Waals surface area contributed by atoms with E-state index in [2.05, 4.69) is 16.8 Å². The fraction of sp³-hybridized carbons (Fsp3) is 0.318. The van der Waals surface area contributed by atoms with Gasteiger partial charge in [0.1, 0.15) is 41.4 Å². The quantitative estimate of drug-likeness (QED) is 0.350. The third kappa shape index (κ3) is 4.74. The molecular formula is C22H24ClN3O4. The molecule has 1 aromatic heterocycles. The summed E-state index contributed by atoms with van der Waals surface area (Å²) in [5, 5.41) is 20.4. The maximum absolute atomic E-state index is 11.5. The van der Waals surface area contributed by atoms with Crippen LogP contribution in [0, 0.1) is 0 Å². The van der Waals surface area contributed by atoms with Crippen LogP contribution in [0.5, 0.6) is 11.5 Å². The second kappa shape index (κ2) is 8.36. The molecule has 0 aliphatic rings. The van der Waals surface area contributed by atoms with Crippen molar-refractivity contribution < 1.29 is 19.4 Å². The zero-order valence-corrected chi connectivity index (χ0v) is 18.2. The van der Waals surface area contributed by atoms with Crippen LogP contribution in [0.25, 0.3) is 16.7 Å². The average molecular weight is 430 g/mol. The number of benzene rings is 2. The van der Waals surface area contributed by atoms with Crippen molar-refractivity contribution in [2.75, 3.05) is 13.2 Å². The van der Waals surface area contributed by atoms with Gasteiger partial charge in [-0.2, -0.15) is 0 Å². The van der Waals surface area contributed by atoms with Crippen LogP contribution in [0.15, 0.2) is 42.5 Å². The van der Waals surface area contributed by atoms with Crippen LogP contribution in [0.4, 0.5) is 0 Å². The second-order valence-corrected chi connectivity index (χ2v) is 8.41. The summed E-state index contributed by atoms with van der Waals surface area (Å²) in [5.74, 6) is 0.0971. The van der Waals surface area contributed by atoms with Crippen LogP contribution in [0.3, 0.4) is 0 Å². The summed E-state index contributed by atoms with van der Waals surface area (Å²) in [5.41, 5.74) is 2.28. The minimum absolute atomic E-state index is 0.0648. The second-order valence-electron chi connectivity index (χ2n) is 7.98. The topological polar surface area (TPSA) is 86.5 Å². The number of aromatic hydroxyl groups is 1. The van der Waals surface area contributed by atoms with Crippen LogP contribution < -0.4 is 4.74 Å². The third-order valence-corrected chi connectivity index (χ3v) is 4.60. The van der Waals surface area contributed by atoms with Gasteiger partial charge in [0, 0.05) is 22.2 Å². The highest BCUT2D eigenvalue weighted by Crippen LogP contribution is 2.38. The molecular weight excluding hydrogens is 406 g/mol. The predicted octanol–water partition coefficient (Wildman–Crippen LogP) is 4.58. The van der Waals surface area contributed by atoms with Crippen LogP contribution in [-0.4, -0.2) is 39.3 Å². The molecule has 158 valence electrons. The number of carbonyl (C=O) groups excluding carboxylic acids is 1. The van der Waals surface area contributed by atoms with E-state index in [1.54, 1.807) is 37.3 Å². The number of halogens is 1. The summed E-state index contributed by atoms with van der Waals surface area (Å²) in [6.45, 7) is 11.3. The third-order valence-electron chi connectivity index (χ3n) is 4.36. The first-order valence-corrected chi connectivity index (χ1v) is 9.80. The SMILES string of the molecule is C=C(C)C(=O)OCCOc1cc(-n2nc3ccc(Cl)cc3n2)c(O)c(C(C)(C)C)c1. The van der Waals surface area contributed by atoms with E-state index < -0.39 is 5.97 Å². The van der Waals surface area contributed by atoms with Crippen molar-refractivity contribution in [3.05, 3.63) is 53.1 Å². The van der Waals surface area contributed by atoms with Gasteiger partial charge in [0.05, 0.1) is 0 Å². The molecule has 1 heterocycles. The van der Waals surface area contributed by atoms with Gasteiger partial charge >= 0.3 is 5.97 Å². The molecule has 0 saturated heterocycles. The van der Waals surface area contributed by atoms with E-state index in [1.165, 1.54) is 4.80 Å². The van der Waals surface area contributed by atoms with Crippen LogP contribution in [0.2, 0.25) is 5.02 Å². The molecule has 0 aliphatic heterocycles. The first-order chi connectivity index (χ1) is 14.1. The highest BCUT2D eigenvalue weighted by molar-refractivity contribution is 6.31. The summed E-state index contributed by atoms with van der Waals surface area (Å²) in [7, 11) is 0. The molecule has 30 heavy (non-hydrogen) atoms. The maximum Gasteiger partial charge on any atom is 0.333 e. The molecule has 0 aliphatic carbocycles. The van der Waals surface area contributed by atoms with Gasteiger partial charge < -0.3 is 14.6 Å². The van der Waals surface area contributed by atoms with Crippen molar-refractivity contribution in [1.29, 1.82) is 0 Å². The minimum atomic E-state index is -0.466. The Morgan fingerprint density at radius 2 is 1.87 bits per heavy atom. The minimum Gasteiger partial charge on any atom is -0.505 e. The lowest BCUT2D eigenvalue weighted by molar-refractivity contribution is -0.139. The number of nitrogens with zero attached hydrogens (tertiary/aromatic N) is 3. The predicted molar refractivity (Wildman–Crippen MR) is 116 cm³/mol. The van der Waals surface area contributed by atoms with Crippen molar-refractivity contribution in [2.24, 2.45) is 0 Å². The maximum atomic E-state index is 11.5. The number of fused-ring (bicyclic) bond motifs is 1. The Bertz CT molecular complexity index is 1120. The Labute approximate surface area is 179 Å². The number of rotatable bonds is 6. The van der Waals surface area contributed by atoms with E-state index in [-0.39, 0.29) is 24.4 Å². The number of phenolic OH excluding ortho intramolecular Hbond substituents is 1. The number of esters is 1. The van der Waals surface area contributed by atoms with Gasteiger partial charge in [0.15, 0.2) is 0 Å². The molecule has 3 rings (SSSR count). The molecule has 3 aromatic rings. The summed E-state index contributed by atoms with van der Waals surface area (Å²) < 4.78 is 10.8. The first kappa shape index (κ1) is 21.6. The van der Waals surface area contributed by atoms with Crippen molar-refractivity contribution in [3.63, 3.8) is 0 Å². The molecule has 0 atom stereocenters. The smallest absolute Gasteiger partial charge is 0.333 e. The lowest BCUT2D eigenvalue weighted by Gasteiger charge is -2.23. The Morgan fingerprint density at radius 1 is 1.17 bits per heavy atom. The number of aromatic nitrogens is 3. The van der Waals surface area contributed by atoms with Crippen molar-refractivity contribution in [1.82, 2.24) is 15.0 Å². The molecule has 2 aromatic carbocycles. The molecule has 1 N–H and O–H groups in total. The van der Waals surface area contributed by atoms with Gasteiger partial charge in [-0.05, 0) is 36.6 Å². The molecule has 0 saturated carbocycles. The lowest BCUT2D eigenvalue weighted by atomic mass is 9.86. The number of phenols is 1. The van der Waals surface area contributed by atoms with Crippen LogP contribution in [-0.2, 0) is 14.9 Å². The number of ether oxygens (including phenoxy) is 2. The van der Waals surface area contributed by atoms with Gasteiger partial charge in [0.2, 0.25) is 0 Å².